The molecule has 0 unspecified atom stereocenters. The van der Waals surface area contributed by atoms with E-state index >= 15 is 0 Å². The van der Waals surface area contributed by atoms with Crippen molar-refractivity contribution in [2.45, 2.75) is 38.1 Å². The molecule has 5 heteroatoms. The van der Waals surface area contributed by atoms with Crippen LogP contribution in [0.2, 0.25) is 5.02 Å². The highest BCUT2D eigenvalue weighted by molar-refractivity contribution is 6.31. The monoisotopic (exact) mass is 295 g/mol. The van der Waals surface area contributed by atoms with E-state index in [0.29, 0.717) is 24.4 Å². The number of benzene rings is 1. The predicted molar refractivity (Wildman–Crippen MR) is 76.8 cm³/mol. The fourth-order valence-electron chi connectivity index (χ4n) is 2.20. The van der Waals surface area contributed by atoms with Crippen LogP contribution in [0.3, 0.4) is 0 Å². The van der Waals surface area contributed by atoms with E-state index in [-0.39, 0.29) is 18.4 Å². The van der Waals surface area contributed by atoms with Gasteiger partial charge in [0.15, 0.2) is 0 Å². The topological polar surface area (TPSA) is 57.6 Å². The van der Waals surface area contributed by atoms with Crippen molar-refractivity contribution in [2.75, 3.05) is 6.54 Å². The van der Waals surface area contributed by atoms with E-state index in [1.54, 1.807) is 4.90 Å². The molecule has 0 aliphatic heterocycles. The summed E-state index contributed by atoms with van der Waals surface area (Å²) in [7, 11) is 0. The van der Waals surface area contributed by atoms with Crippen molar-refractivity contribution in [2.24, 2.45) is 0 Å². The summed E-state index contributed by atoms with van der Waals surface area (Å²) in [5, 5.41) is 9.41. The molecule has 4 nitrogen and oxygen atoms in total. The normalized spacial score (nSPS) is 14.1. The molecule has 20 heavy (non-hydrogen) atoms. The average Bonchev–Trinajstić information content (AvgIpc) is 3.22. The molecule has 0 radical (unpaired) electrons. The molecule has 1 fully saturated rings. The zero-order valence-corrected chi connectivity index (χ0v) is 12.0. The van der Waals surface area contributed by atoms with Crippen LogP contribution in [0.5, 0.6) is 0 Å². The molecule has 0 aromatic heterocycles. The fraction of sp³-hybridized carbons (Fsp3) is 0.467. The summed E-state index contributed by atoms with van der Waals surface area (Å²) in [6.07, 6.45) is 2.94. The van der Waals surface area contributed by atoms with Crippen LogP contribution in [0.4, 0.5) is 0 Å². The molecule has 0 atom stereocenters. The van der Waals surface area contributed by atoms with Gasteiger partial charge in [-0.2, -0.15) is 0 Å². The second-order valence-corrected chi connectivity index (χ2v) is 5.46. The first-order valence-electron chi connectivity index (χ1n) is 6.82. The van der Waals surface area contributed by atoms with Gasteiger partial charge in [0.2, 0.25) is 5.91 Å². The minimum Gasteiger partial charge on any atom is -0.481 e. The van der Waals surface area contributed by atoms with Crippen LogP contribution in [0.1, 0.15) is 31.2 Å². The van der Waals surface area contributed by atoms with Crippen LogP contribution < -0.4 is 0 Å². The second-order valence-electron chi connectivity index (χ2n) is 5.05. The summed E-state index contributed by atoms with van der Waals surface area (Å²) in [6.45, 7) is 0.307. The van der Waals surface area contributed by atoms with Gasteiger partial charge in [0.1, 0.15) is 0 Å². The lowest BCUT2D eigenvalue weighted by Crippen LogP contribution is -2.35. The van der Waals surface area contributed by atoms with Gasteiger partial charge in [-0.3, -0.25) is 9.59 Å². The summed E-state index contributed by atoms with van der Waals surface area (Å²) in [6, 6.07) is 7.72. The molecular formula is C15H18ClNO3. The number of nitrogens with zero attached hydrogens (tertiary/aromatic N) is 1. The number of carbonyl (C=O) groups is 2. The van der Waals surface area contributed by atoms with Gasteiger partial charge in [-0.05, 0) is 30.9 Å². The van der Waals surface area contributed by atoms with E-state index in [0.717, 1.165) is 18.4 Å². The number of carbonyl (C=O) groups excluding carboxylic acids is 1. The molecule has 1 aromatic rings. The molecule has 1 N–H and O–H groups in total. The van der Waals surface area contributed by atoms with E-state index in [9.17, 15) is 9.59 Å². The lowest BCUT2D eigenvalue weighted by molar-refractivity contribution is -0.138. The minimum absolute atomic E-state index is 0.00827. The largest absolute Gasteiger partial charge is 0.481 e. The Morgan fingerprint density at radius 2 is 1.95 bits per heavy atom. The van der Waals surface area contributed by atoms with Crippen molar-refractivity contribution >= 4 is 23.5 Å². The molecule has 0 bridgehead atoms. The van der Waals surface area contributed by atoms with Crippen molar-refractivity contribution in [3.8, 4) is 0 Å². The number of rotatable bonds is 7. The van der Waals surface area contributed by atoms with Gasteiger partial charge in [-0.15, -0.1) is 0 Å². The first kappa shape index (κ1) is 14.9. The van der Waals surface area contributed by atoms with Gasteiger partial charge < -0.3 is 10.0 Å². The first-order valence-corrected chi connectivity index (χ1v) is 7.20. The second kappa shape index (κ2) is 6.75. The Labute approximate surface area is 123 Å². The molecule has 1 aliphatic rings. The maximum atomic E-state index is 12.2. The van der Waals surface area contributed by atoms with E-state index < -0.39 is 5.97 Å². The van der Waals surface area contributed by atoms with Crippen LogP contribution in [0.15, 0.2) is 24.3 Å². The highest BCUT2D eigenvalue weighted by Gasteiger charge is 2.32. The molecule has 1 aromatic carbocycles. The Bertz CT molecular complexity index is 500. The third-order valence-corrected chi connectivity index (χ3v) is 3.81. The van der Waals surface area contributed by atoms with Crippen molar-refractivity contribution in [3.05, 3.63) is 34.9 Å². The van der Waals surface area contributed by atoms with E-state index in [1.165, 1.54) is 0 Å². The predicted octanol–water partition coefficient (Wildman–Crippen LogP) is 2.74. The smallest absolute Gasteiger partial charge is 0.305 e. The summed E-state index contributed by atoms with van der Waals surface area (Å²) in [5.41, 5.74) is 0.955. The van der Waals surface area contributed by atoms with Gasteiger partial charge in [0.05, 0.1) is 6.42 Å². The summed E-state index contributed by atoms with van der Waals surface area (Å²) in [4.78, 5) is 24.6. The Morgan fingerprint density at radius 3 is 2.55 bits per heavy atom. The van der Waals surface area contributed by atoms with Crippen LogP contribution >= 0.6 is 11.6 Å². The number of aryl methyl sites for hydroxylation is 1. The maximum Gasteiger partial charge on any atom is 0.305 e. The van der Waals surface area contributed by atoms with Gasteiger partial charge in [0.25, 0.3) is 0 Å². The van der Waals surface area contributed by atoms with Gasteiger partial charge >= 0.3 is 5.97 Å². The third kappa shape index (κ3) is 4.23. The fourth-order valence-corrected chi connectivity index (χ4v) is 2.43. The molecule has 1 aliphatic carbocycles. The van der Waals surface area contributed by atoms with Gasteiger partial charge in [-0.1, -0.05) is 29.8 Å². The molecule has 2 rings (SSSR count). The number of carboxylic acid groups (broad SMARTS) is 1. The molecule has 1 amide bonds. The number of halogens is 1. The number of carboxylic acids is 1. The number of aliphatic carboxylic acids is 1. The number of amides is 1. The molecule has 0 spiro atoms. The Balaban J connectivity index is 1.88. The summed E-state index contributed by atoms with van der Waals surface area (Å²) in [5.74, 6) is -0.844. The summed E-state index contributed by atoms with van der Waals surface area (Å²) < 4.78 is 0. The van der Waals surface area contributed by atoms with Crippen molar-refractivity contribution < 1.29 is 14.7 Å². The van der Waals surface area contributed by atoms with Crippen molar-refractivity contribution in [3.63, 3.8) is 0 Å². The van der Waals surface area contributed by atoms with Crippen LogP contribution in [0.25, 0.3) is 0 Å². The van der Waals surface area contributed by atoms with Crippen LogP contribution in [-0.4, -0.2) is 34.5 Å². The Kier molecular flexibility index (Phi) is 5.01. The minimum atomic E-state index is -0.866. The Morgan fingerprint density at radius 1 is 1.25 bits per heavy atom. The highest BCUT2D eigenvalue weighted by Crippen LogP contribution is 2.28. The van der Waals surface area contributed by atoms with Crippen LogP contribution in [-0.2, 0) is 16.0 Å². The first-order chi connectivity index (χ1) is 9.58. The van der Waals surface area contributed by atoms with E-state index in [1.807, 2.05) is 24.3 Å². The Hall–Kier alpha value is -1.55. The van der Waals surface area contributed by atoms with E-state index in [2.05, 4.69) is 0 Å². The third-order valence-electron chi connectivity index (χ3n) is 3.44. The lowest BCUT2D eigenvalue weighted by atomic mass is 10.1. The molecular weight excluding hydrogens is 278 g/mol. The zero-order valence-electron chi connectivity index (χ0n) is 11.2. The lowest BCUT2D eigenvalue weighted by Gasteiger charge is -2.21. The number of hydrogen-bond acceptors (Lipinski definition) is 2. The summed E-state index contributed by atoms with van der Waals surface area (Å²) >= 11 is 6.06. The van der Waals surface area contributed by atoms with Gasteiger partial charge in [-0.25, -0.2) is 0 Å². The zero-order chi connectivity index (χ0) is 14.5. The van der Waals surface area contributed by atoms with Crippen molar-refractivity contribution in [1.29, 1.82) is 0 Å². The van der Waals surface area contributed by atoms with E-state index in [4.69, 9.17) is 16.7 Å². The van der Waals surface area contributed by atoms with Crippen molar-refractivity contribution in [1.82, 2.24) is 4.90 Å². The van der Waals surface area contributed by atoms with Gasteiger partial charge in [0, 0.05) is 24.0 Å². The standard InChI is InChI=1S/C15H18ClNO3/c16-13-4-2-1-3-11(13)5-8-14(18)17(12-6-7-12)10-9-15(19)20/h1-4,12H,5-10H2,(H,19,20). The molecule has 0 heterocycles. The quantitative estimate of drug-likeness (QED) is 0.841. The molecule has 1 saturated carbocycles. The van der Waals surface area contributed by atoms with Crippen LogP contribution in [0, 0.1) is 0 Å². The molecule has 108 valence electrons. The maximum absolute atomic E-state index is 12.2. The number of hydrogen-bond donors (Lipinski definition) is 1. The highest BCUT2D eigenvalue weighted by atomic mass is 35.5. The average molecular weight is 296 g/mol. The molecule has 0 saturated heterocycles. The SMILES string of the molecule is O=C(O)CCN(C(=O)CCc1ccccc1Cl)C1CC1.